The van der Waals surface area contributed by atoms with Crippen molar-refractivity contribution >= 4 is 16.8 Å². The van der Waals surface area contributed by atoms with Crippen LogP contribution in [0.3, 0.4) is 0 Å². The molecular formula is C27H35N3O4. The van der Waals surface area contributed by atoms with Crippen molar-refractivity contribution in [2.75, 3.05) is 20.8 Å². The van der Waals surface area contributed by atoms with Gasteiger partial charge >= 0.3 is 0 Å². The highest BCUT2D eigenvalue weighted by molar-refractivity contribution is 5.92. The van der Waals surface area contributed by atoms with E-state index in [9.17, 15) is 4.79 Å². The molecule has 0 atom stereocenters. The summed E-state index contributed by atoms with van der Waals surface area (Å²) in [7, 11) is 3.27. The van der Waals surface area contributed by atoms with Crippen molar-refractivity contribution in [3.8, 4) is 28.5 Å². The molecule has 3 aromatic rings. The predicted molar refractivity (Wildman–Crippen MR) is 135 cm³/mol. The molecule has 1 aromatic heterocycles. The molecular weight excluding hydrogens is 430 g/mol. The maximum absolute atomic E-state index is 12.4. The molecule has 1 aliphatic rings. The van der Waals surface area contributed by atoms with Crippen LogP contribution in [0.4, 0.5) is 0 Å². The highest BCUT2D eigenvalue weighted by Gasteiger charge is 2.21. The fourth-order valence-corrected chi connectivity index (χ4v) is 4.78. The lowest BCUT2D eigenvalue weighted by Gasteiger charge is -2.26. The van der Waals surface area contributed by atoms with Gasteiger partial charge in [0.05, 0.1) is 19.9 Å². The first kappa shape index (κ1) is 24.0. The normalized spacial score (nSPS) is 18.2. The van der Waals surface area contributed by atoms with Crippen molar-refractivity contribution in [3.63, 3.8) is 0 Å². The van der Waals surface area contributed by atoms with Gasteiger partial charge in [-0.2, -0.15) is 0 Å². The van der Waals surface area contributed by atoms with E-state index in [2.05, 4.69) is 24.1 Å². The number of ether oxygens (including phenoxy) is 3. The third-order valence-electron chi connectivity index (χ3n) is 6.57. The number of methoxy groups -OCH3 is 2. The van der Waals surface area contributed by atoms with Gasteiger partial charge in [-0.25, -0.2) is 0 Å². The summed E-state index contributed by atoms with van der Waals surface area (Å²) >= 11 is 0. The Morgan fingerprint density at radius 2 is 1.79 bits per heavy atom. The van der Waals surface area contributed by atoms with Crippen LogP contribution in [0.2, 0.25) is 0 Å². The molecule has 1 aliphatic carbocycles. The Balaban J connectivity index is 1.54. The van der Waals surface area contributed by atoms with Gasteiger partial charge in [-0.05, 0) is 73.6 Å². The van der Waals surface area contributed by atoms with Gasteiger partial charge in [-0.15, -0.1) is 0 Å². The minimum absolute atomic E-state index is 0.00195. The van der Waals surface area contributed by atoms with Crippen LogP contribution >= 0.6 is 0 Å². The molecule has 1 amide bonds. The number of hydrogen-bond acceptors (Lipinski definition) is 5. The molecule has 4 rings (SSSR count). The zero-order valence-corrected chi connectivity index (χ0v) is 20.4. The lowest BCUT2D eigenvalue weighted by atomic mass is 9.92. The van der Waals surface area contributed by atoms with Crippen molar-refractivity contribution in [2.24, 2.45) is 5.73 Å². The minimum Gasteiger partial charge on any atom is -0.493 e. The average Bonchev–Trinajstić information content (AvgIpc) is 3.23. The van der Waals surface area contributed by atoms with Gasteiger partial charge in [-0.3, -0.25) is 4.79 Å². The second kappa shape index (κ2) is 10.4. The van der Waals surface area contributed by atoms with E-state index in [-0.39, 0.29) is 30.5 Å². The molecule has 7 nitrogen and oxygen atoms in total. The Hall–Kier alpha value is -3.19. The molecule has 0 saturated heterocycles. The van der Waals surface area contributed by atoms with Crippen LogP contribution in [0, 0.1) is 0 Å². The Morgan fingerprint density at radius 3 is 2.47 bits per heavy atom. The van der Waals surface area contributed by atoms with Gasteiger partial charge in [0, 0.05) is 28.6 Å². The average molecular weight is 466 g/mol. The maximum Gasteiger partial charge on any atom is 0.258 e. The van der Waals surface area contributed by atoms with Crippen molar-refractivity contribution in [2.45, 2.75) is 57.5 Å². The van der Waals surface area contributed by atoms with Crippen molar-refractivity contribution in [3.05, 3.63) is 42.0 Å². The highest BCUT2D eigenvalue weighted by Crippen LogP contribution is 2.39. The van der Waals surface area contributed by atoms with Crippen LogP contribution in [-0.4, -0.2) is 43.8 Å². The number of fused-ring (bicyclic) bond motifs is 1. The maximum atomic E-state index is 12.4. The number of carbonyl (C=O) groups is 1. The molecule has 182 valence electrons. The quantitative estimate of drug-likeness (QED) is 0.446. The Labute approximate surface area is 201 Å². The molecule has 1 fully saturated rings. The van der Waals surface area contributed by atoms with Crippen LogP contribution in [-0.2, 0) is 4.79 Å². The lowest BCUT2D eigenvalue weighted by Crippen LogP contribution is -2.42. The molecule has 0 aliphatic heterocycles. The molecule has 4 N–H and O–H groups in total. The van der Waals surface area contributed by atoms with Crippen LogP contribution < -0.4 is 25.3 Å². The molecule has 1 saturated carbocycles. The van der Waals surface area contributed by atoms with E-state index >= 15 is 0 Å². The Bertz CT molecular complexity index is 1150. The zero-order chi connectivity index (χ0) is 24.2. The van der Waals surface area contributed by atoms with Crippen molar-refractivity contribution in [1.29, 1.82) is 0 Å². The van der Waals surface area contributed by atoms with E-state index < -0.39 is 0 Å². The van der Waals surface area contributed by atoms with Gasteiger partial charge < -0.3 is 30.2 Å². The number of nitrogens with two attached hydrogens (primary N) is 1. The number of benzene rings is 2. The van der Waals surface area contributed by atoms with Crippen LogP contribution in [0.1, 0.15) is 51.0 Å². The summed E-state index contributed by atoms with van der Waals surface area (Å²) in [5.74, 6) is 2.23. The summed E-state index contributed by atoms with van der Waals surface area (Å²) in [5.41, 5.74) is 10.2. The van der Waals surface area contributed by atoms with Crippen molar-refractivity contribution in [1.82, 2.24) is 10.3 Å². The van der Waals surface area contributed by atoms with E-state index in [1.165, 1.54) is 5.56 Å². The van der Waals surface area contributed by atoms with Gasteiger partial charge in [-0.1, -0.05) is 13.8 Å². The smallest absolute Gasteiger partial charge is 0.258 e. The predicted octanol–water partition coefficient (Wildman–Crippen LogP) is 4.74. The number of aromatic amines is 1. The third-order valence-corrected chi connectivity index (χ3v) is 6.57. The first-order chi connectivity index (χ1) is 16.4. The summed E-state index contributed by atoms with van der Waals surface area (Å²) in [6, 6.07) is 12.3. The van der Waals surface area contributed by atoms with Crippen molar-refractivity contribution < 1.29 is 19.0 Å². The second-order valence-electron chi connectivity index (χ2n) is 9.31. The Morgan fingerprint density at radius 1 is 1.06 bits per heavy atom. The number of H-pyrrole nitrogens is 1. The number of amides is 1. The molecule has 1 heterocycles. The monoisotopic (exact) mass is 465 g/mol. The highest BCUT2D eigenvalue weighted by atomic mass is 16.5. The molecule has 7 heteroatoms. The number of carbonyl (C=O) groups excluding carboxylic acids is 1. The van der Waals surface area contributed by atoms with E-state index in [4.69, 9.17) is 19.9 Å². The van der Waals surface area contributed by atoms with E-state index in [0.29, 0.717) is 17.2 Å². The molecule has 0 bridgehead atoms. The van der Waals surface area contributed by atoms with Crippen LogP contribution in [0.5, 0.6) is 17.2 Å². The summed E-state index contributed by atoms with van der Waals surface area (Å²) in [6.07, 6.45) is 3.77. The van der Waals surface area contributed by atoms with E-state index in [0.717, 1.165) is 47.8 Å². The molecule has 2 aromatic carbocycles. The fourth-order valence-electron chi connectivity index (χ4n) is 4.78. The van der Waals surface area contributed by atoms with E-state index in [1.54, 1.807) is 14.2 Å². The first-order valence-corrected chi connectivity index (χ1v) is 11.9. The summed E-state index contributed by atoms with van der Waals surface area (Å²) < 4.78 is 16.8. The lowest BCUT2D eigenvalue weighted by molar-refractivity contribution is -0.124. The van der Waals surface area contributed by atoms with E-state index in [1.807, 2.05) is 36.4 Å². The van der Waals surface area contributed by atoms with Gasteiger partial charge in [0.2, 0.25) is 0 Å². The second-order valence-corrected chi connectivity index (χ2v) is 9.31. The summed E-state index contributed by atoms with van der Waals surface area (Å²) in [4.78, 5) is 16.0. The first-order valence-electron chi connectivity index (χ1n) is 11.9. The zero-order valence-electron chi connectivity index (χ0n) is 20.4. The van der Waals surface area contributed by atoms with Crippen LogP contribution in [0.15, 0.2) is 36.4 Å². The summed E-state index contributed by atoms with van der Waals surface area (Å²) in [5, 5.41) is 4.16. The number of rotatable bonds is 8. The number of aromatic nitrogens is 1. The third kappa shape index (κ3) is 5.14. The Kier molecular flexibility index (Phi) is 7.32. The fraction of sp³-hybridized carbons (Fsp3) is 0.444. The SMILES string of the molecule is COc1ccc(-c2[nH]c3ccc(OCC(=O)NC4CCC(N)CC4)cc3c2C(C)C)cc1OC. The van der Waals surface area contributed by atoms with Gasteiger partial charge in [0.25, 0.3) is 5.91 Å². The molecule has 0 radical (unpaired) electrons. The largest absolute Gasteiger partial charge is 0.493 e. The summed E-state index contributed by atoms with van der Waals surface area (Å²) in [6.45, 7) is 4.34. The number of nitrogens with one attached hydrogen (secondary N) is 2. The topological polar surface area (TPSA) is 98.6 Å². The molecule has 0 unspecified atom stereocenters. The van der Waals surface area contributed by atoms with Gasteiger partial charge in [0.1, 0.15) is 5.75 Å². The molecule has 34 heavy (non-hydrogen) atoms. The molecule has 0 spiro atoms. The minimum atomic E-state index is -0.0928. The van der Waals surface area contributed by atoms with Gasteiger partial charge in [0.15, 0.2) is 18.1 Å². The van der Waals surface area contributed by atoms with Crippen LogP contribution in [0.25, 0.3) is 22.2 Å². The number of hydrogen-bond donors (Lipinski definition) is 3. The standard InChI is InChI=1S/C27H35N3O4/c1-16(2)26-21-14-20(34-15-25(31)29-19-8-6-18(28)7-9-19)10-11-22(21)30-27(26)17-5-12-23(32-3)24(13-17)33-4/h5,10-14,16,18-19,30H,6-9,15,28H2,1-4H3,(H,29,31).